The summed E-state index contributed by atoms with van der Waals surface area (Å²) in [6, 6.07) is 5.61. The van der Waals surface area contributed by atoms with Crippen LogP contribution in [0.25, 0.3) is 0 Å². The lowest BCUT2D eigenvalue weighted by Gasteiger charge is -2.29. The highest BCUT2D eigenvalue weighted by Crippen LogP contribution is 2.39. The van der Waals surface area contributed by atoms with E-state index >= 15 is 0 Å². The van der Waals surface area contributed by atoms with Crippen molar-refractivity contribution in [3.8, 4) is 11.8 Å². The van der Waals surface area contributed by atoms with E-state index in [0.717, 1.165) is 12.1 Å². The number of carbonyl (C=O) groups is 1. The number of rotatable bonds is 3. The number of hydrogen-bond donors (Lipinski definition) is 1. The van der Waals surface area contributed by atoms with Crippen molar-refractivity contribution in [2.45, 2.75) is 50.9 Å². The van der Waals surface area contributed by atoms with Gasteiger partial charge in [-0.05, 0) is 68.0 Å². The average molecular weight is 471 g/mol. The minimum absolute atomic E-state index is 0.138. The third kappa shape index (κ3) is 5.86. The summed E-state index contributed by atoms with van der Waals surface area (Å²) in [7, 11) is 0. The van der Waals surface area contributed by atoms with Crippen LogP contribution in [0.4, 0.5) is 36.4 Å². The van der Waals surface area contributed by atoms with Gasteiger partial charge in [0.25, 0.3) is 0 Å². The predicted molar refractivity (Wildman–Crippen MR) is 109 cm³/mol. The Morgan fingerprint density at radius 3 is 2.33 bits per heavy atom. The molecule has 2 atom stereocenters. The molecule has 1 aliphatic rings. The standard InChI is InChI=1S/C24H20F7NO/c1-2-4-16-11-15(7-9-19(16)24(29,30)31)14-5-3-6-17(12-14)22(33)32-21-10-8-18(13-20(21)25)23(26,27)28/h7-11,13-14,17H,3,5-6,12H2,1H3,(H,32,33). The van der Waals surface area contributed by atoms with Crippen LogP contribution < -0.4 is 5.32 Å². The lowest BCUT2D eigenvalue weighted by atomic mass is 9.77. The van der Waals surface area contributed by atoms with Gasteiger partial charge in [0.15, 0.2) is 0 Å². The van der Waals surface area contributed by atoms with Crippen LogP contribution in [0.3, 0.4) is 0 Å². The molecule has 0 radical (unpaired) electrons. The molecule has 1 fully saturated rings. The zero-order valence-electron chi connectivity index (χ0n) is 17.5. The molecule has 2 unspecified atom stereocenters. The number of hydrogen-bond acceptors (Lipinski definition) is 1. The molecule has 0 spiro atoms. The molecule has 1 N–H and O–H groups in total. The van der Waals surface area contributed by atoms with Crippen LogP contribution in [0.5, 0.6) is 0 Å². The average Bonchev–Trinajstić information content (AvgIpc) is 2.74. The number of nitrogens with one attached hydrogen (secondary N) is 1. The summed E-state index contributed by atoms with van der Waals surface area (Å²) < 4.78 is 91.9. The van der Waals surface area contributed by atoms with Gasteiger partial charge in [-0.1, -0.05) is 18.4 Å². The highest BCUT2D eigenvalue weighted by Gasteiger charge is 2.35. The molecule has 0 aromatic heterocycles. The van der Waals surface area contributed by atoms with Crippen molar-refractivity contribution in [2.24, 2.45) is 5.92 Å². The minimum Gasteiger partial charge on any atom is -0.323 e. The van der Waals surface area contributed by atoms with Gasteiger partial charge in [-0.25, -0.2) is 4.39 Å². The molecular weight excluding hydrogens is 451 g/mol. The van der Waals surface area contributed by atoms with Crippen LogP contribution in [0.1, 0.15) is 60.8 Å². The molecule has 1 aliphatic carbocycles. The molecule has 2 nitrogen and oxygen atoms in total. The summed E-state index contributed by atoms with van der Waals surface area (Å²) in [4.78, 5) is 12.7. The molecule has 2 aromatic carbocycles. The van der Waals surface area contributed by atoms with E-state index < -0.39 is 41.1 Å². The summed E-state index contributed by atoms with van der Waals surface area (Å²) >= 11 is 0. The first-order chi connectivity index (χ1) is 15.4. The smallest absolute Gasteiger partial charge is 0.323 e. The van der Waals surface area contributed by atoms with Crippen molar-refractivity contribution >= 4 is 11.6 Å². The van der Waals surface area contributed by atoms with Gasteiger partial charge in [0.1, 0.15) is 5.82 Å². The van der Waals surface area contributed by atoms with E-state index in [-0.39, 0.29) is 17.2 Å². The molecule has 1 amide bonds. The van der Waals surface area contributed by atoms with Gasteiger partial charge in [-0.2, -0.15) is 26.3 Å². The third-order valence-electron chi connectivity index (χ3n) is 5.68. The quantitative estimate of drug-likeness (QED) is 0.374. The largest absolute Gasteiger partial charge is 0.417 e. The van der Waals surface area contributed by atoms with E-state index in [2.05, 4.69) is 17.2 Å². The van der Waals surface area contributed by atoms with Crippen molar-refractivity contribution < 1.29 is 35.5 Å². The molecule has 2 aromatic rings. The van der Waals surface area contributed by atoms with E-state index in [1.165, 1.54) is 19.1 Å². The lowest BCUT2D eigenvalue weighted by molar-refractivity contribution is -0.138. The Labute approximate surface area is 186 Å². The Balaban J connectivity index is 1.76. The Kier molecular flexibility index (Phi) is 7.06. The second-order valence-corrected chi connectivity index (χ2v) is 7.92. The fourth-order valence-corrected chi connectivity index (χ4v) is 4.06. The fourth-order valence-electron chi connectivity index (χ4n) is 4.06. The molecule has 9 heteroatoms. The second-order valence-electron chi connectivity index (χ2n) is 7.92. The number of halogens is 7. The number of alkyl halides is 6. The highest BCUT2D eigenvalue weighted by molar-refractivity contribution is 5.92. The van der Waals surface area contributed by atoms with Crippen LogP contribution >= 0.6 is 0 Å². The zero-order chi connectivity index (χ0) is 24.4. The Morgan fingerprint density at radius 1 is 1.00 bits per heavy atom. The van der Waals surface area contributed by atoms with Gasteiger partial charge >= 0.3 is 12.4 Å². The Bertz CT molecular complexity index is 1090. The van der Waals surface area contributed by atoms with Crippen LogP contribution in [0, 0.1) is 23.6 Å². The van der Waals surface area contributed by atoms with E-state index in [4.69, 9.17) is 0 Å². The van der Waals surface area contributed by atoms with Gasteiger partial charge in [0, 0.05) is 11.5 Å². The molecule has 0 saturated heterocycles. The highest BCUT2D eigenvalue weighted by atomic mass is 19.4. The predicted octanol–water partition coefficient (Wildman–Crippen LogP) is 7.15. The fraction of sp³-hybridized carbons (Fsp3) is 0.375. The van der Waals surface area contributed by atoms with E-state index in [1.54, 1.807) is 0 Å². The first kappa shape index (κ1) is 24.6. The Hall–Kier alpha value is -3.02. The second kappa shape index (κ2) is 9.46. The zero-order valence-corrected chi connectivity index (χ0v) is 17.5. The van der Waals surface area contributed by atoms with E-state index in [0.29, 0.717) is 43.4 Å². The molecule has 0 bridgehead atoms. The first-order valence-corrected chi connectivity index (χ1v) is 10.2. The van der Waals surface area contributed by atoms with Crippen molar-refractivity contribution in [2.75, 3.05) is 5.32 Å². The normalized spacial score (nSPS) is 18.9. The molecule has 176 valence electrons. The molecule has 3 rings (SSSR count). The monoisotopic (exact) mass is 471 g/mol. The maximum Gasteiger partial charge on any atom is 0.417 e. The van der Waals surface area contributed by atoms with Crippen molar-refractivity contribution in [1.82, 2.24) is 0 Å². The molecular formula is C24H20F7NO. The summed E-state index contributed by atoms with van der Waals surface area (Å²) in [6.07, 6.45) is -7.18. The molecule has 33 heavy (non-hydrogen) atoms. The number of carbonyl (C=O) groups excluding carboxylic acids is 1. The SMILES string of the molecule is CC#Cc1cc(C2CCCC(C(=O)Nc3ccc(C(F)(F)F)cc3F)C2)ccc1C(F)(F)F. The van der Waals surface area contributed by atoms with Gasteiger partial charge in [0.05, 0.1) is 16.8 Å². The molecule has 1 saturated carbocycles. The van der Waals surface area contributed by atoms with Crippen molar-refractivity contribution in [3.05, 3.63) is 64.5 Å². The molecule has 0 aliphatic heterocycles. The van der Waals surface area contributed by atoms with Gasteiger partial charge in [-0.3, -0.25) is 4.79 Å². The number of anilines is 1. The van der Waals surface area contributed by atoms with Crippen molar-refractivity contribution in [1.29, 1.82) is 0 Å². The molecule has 0 heterocycles. The maximum atomic E-state index is 14.1. The summed E-state index contributed by atoms with van der Waals surface area (Å²) in [5.74, 6) is 2.45. The topological polar surface area (TPSA) is 29.1 Å². The van der Waals surface area contributed by atoms with Crippen molar-refractivity contribution in [3.63, 3.8) is 0 Å². The van der Waals surface area contributed by atoms with Crippen LogP contribution in [0.15, 0.2) is 36.4 Å². The minimum atomic E-state index is -4.71. The Morgan fingerprint density at radius 2 is 1.73 bits per heavy atom. The first-order valence-electron chi connectivity index (χ1n) is 10.2. The van der Waals surface area contributed by atoms with Crippen LogP contribution in [-0.4, -0.2) is 5.91 Å². The number of amides is 1. The van der Waals surface area contributed by atoms with Gasteiger partial charge < -0.3 is 5.32 Å². The lowest BCUT2D eigenvalue weighted by Crippen LogP contribution is -2.28. The summed E-state index contributed by atoms with van der Waals surface area (Å²) in [5, 5.41) is 2.34. The summed E-state index contributed by atoms with van der Waals surface area (Å²) in [5.41, 5.74) is -1.86. The maximum absolute atomic E-state index is 14.1. The van der Waals surface area contributed by atoms with Crippen LogP contribution in [0.2, 0.25) is 0 Å². The van der Waals surface area contributed by atoms with E-state index in [1.807, 2.05) is 0 Å². The van der Waals surface area contributed by atoms with Gasteiger partial charge in [-0.15, -0.1) is 5.92 Å². The third-order valence-corrected chi connectivity index (χ3v) is 5.68. The van der Waals surface area contributed by atoms with E-state index in [9.17, 15) is 35.5 Å². The number of benzene rings is 2. The summed E-state index contributed by atoms with van der Waals surface area (Å²) in [6.45, 7) is 1.44. The van der Waals surface area contributed by atoms with Crippen LogP contribution in [-0.2, 0) is 17.1 Å². The van der Waals surface area contributed by atoms with Gasteiger partial charge in [0.2, 0.25) is 5.91 Å².